The van der Waals surface area contributed by atoms with Crippen LogP contribution >= 0.6 is 0 Å². The minimum absolute atomic E-state index is 0.127. The fraction of sp³-hybridized carbons (Fsp3) is 0.182. The third-order valence-corrected chi connectivity index (χ3v) is 2.13. The molecule has 4 nitrogen and oxygen atoms in total. The van der Waals surface area contributed by atoms with E-state index in [1.54, 1.807) is 30.5 Å². The highest BCUT2D eigenvalue weighted by Gasteiger charge is 2.08. The van der Waals surface area contributed by atoms with Gasteiger partial charge in [-0.05, 0) is 18.2 Å². The average molecular weight is 239 g/mol. The van der Waals surface area contributed by atoms with Crippen molar-refractivity contribution in [3.8, 4) is 5.75 Å². The van der Waals surface area contributed by atoms with Crippen molar-refractivity contribution in [2.24, 2.45) is 0 Å². The number of hydrogen-bond acceptors (Lipinski definition) is 3. The number of halogens is 2. The summed E-state index contributed by atoms with van der Waals surface area (Å²) in [5, 5.41) is 9.55. The smallest absolute Gasteiger partial charge is 0.387 e. The summed E-state index contributed by atoms with van der Waals surface area (Å²) in [6, 6.07) is 8.34. The van der Waals surface area contributed by atoms with Gasteiger partial charge in [0.05, 0.1) is 17.9 Å². The largest absolute Gasteiger partial charge is 0.433 e. The molecule has 0 aliphatic rings. The summed E-state index contributed by atoms with van der Waals surface area (Å²) in [7, 11) is 0. The number of anilines is 1. The summed E-state index contributed by atoms with van der Waals surface area (Å²) >= 11 is 0. The molecule has 0 saturated heterocycles. The van der Waals surface area contributed by atoms with Gasteiger partial charge in [-0.3, -0.25) is 5.10 Å². The second-order valence-electron chi connectivity index (χ2n) is 3.31. The highest BCUT2D eigenvalue weighted by Crippen LogP contribution is 2.25. The Balaban J connectivity index is 2.04. The highest BCUT2D eigenvalue weighted by atomic mass is 19.3. The highest BCUT2D eigenvalue weighted by molar-refractivity contribution is 5.56. The van der Waals surface area contributed by atoms with Crippen LogP contribution in [0, 0.1) is 0 Å². The molecule has 0 unspecified atom stereocenters. The van der Waals surface area contributed by atoms with E-state index in [9.17, 15) is 8.78 Å². The van der Waals surface area contributed by atoms with Crippen molar-refractivity contribution < 1.29 is 13.5 Å². The van der Waals surface area contributed by atoms with Crippen molar-refractivity contribution in [1.82, 2.24) is 10.2 Å². The van der Waals surface area contributed by atoms with Crippen LogP contribution in [-0.4, -0.2) is 16.8 Å². The Hall–Kier alpha value is -2.11. The SMILES string of the molecule is FC(F)Oc1ccccc1NCc1ccn[nH]1. The Morgan fingerprint density at radius 2 is 2.12 bits per heavy atom. The fourth-order valence-corrected chi connectivity index (χ4v) is 1.39. The molecule has 90 valence electrons. The molecular weight excluding hydrogens is 228 g/mol. The van der Waals surface area contributed by atoms with E-state index in [-0.39, 0.29) is 5.75 Å². The third kappa shape index (κ3) is 3.17. The van der Waals surface area contributed by atoms with Crippen LogP contribution in [0.25, 0.3) is 0 Å². The summed E-state index contributed by atoms with van der Waals surface area (Å²) in [5.74, 6) is 0.127. The topological polar surface area (TPSA) is 49.9 Å². The standard InChI is InChI=1S/C11H11F2N3O/c12-11(13)17-10-4-2-1-3-9(10)14-7-8-5-6-15-16-8/h1-6,11,14H,7H2,(H,15,16). The molecule has 1 aromatic heterocycles. The van der Waals surface area contributed by atoms with Gasteiger partial charge in [-0.25, -0.2) is 0 Å². The second-order valence-corrected chi connectivity index (χ2v) is 3.31. The molecule has 0 amide bonds. The summed E-state index contributed by atoms with van der Waals surface area (Å²) in [6.45, 7) is -2.37. The Kier molecular flexibility index (Phi) is 3.54. The van der Waals surface area contributed by atoms with Gasteiger partial charge in [0.1, 0.15) is 5.75 Å². The maximum absolute atomic E-state index is 12.1. The molecule has 0 radical (unpaired) electrons. The first-order valence-corrected chi connectivity index (χ1v) is 5.01. The lowest BCUT2D eigenvalue weighted by Gasteiger charge is -2.11. The number of alkyl halides is 2. The van der Waals surface area contributed by atoms with Crippen LogP contribution in [0.15, 0.2) is 36.5 Å². The summed E-state index contributed by atoms with van der Waals surface area (Å²) < 4.78 is 28.7. The maximum atomic E-state index is 12.1. The van der Waals surface area contributed by atoms with Crippen LogP contribution < -0.4 is 10.1 Å². The molecule has 0 atom stereocenters. The monoisotopic (exact) mass is 239 g/mol. The number of hydrogen-bond donors (Lipinski definition) is 2. The minimum Gasteiger partial charge on any atom is -0.433 e. The van der Waals surface area contributed by atoms with E-state index in [2.05, 4.69) is 20.3 Å². The first-order chi connectivity index (χ1) is 8.25. The van der Waals surface area contributed by atoms with Crippen molar-refractivity contribution in [3.05, 3.63) is 42.2 Å². The quantitative estimate of drug-likeness (QED) is 0.843. The molecule has 2 N–H and O–H groups in total. The average Bonchev–Trinajstić information content (AvgIpc) is 2.80. The van der Waals surface area contributed by atoms with Crippen LogP contribution in [0.5, 0.6) is 5.75 Å². The number of ether oxygens (including phenoxy) is 1. The normalized spacial score (nSPS) is 10.5. The molecule has 0 aliphatic heterocycles. The van der Waals surface area contributed by atoms with Gasteiger partial charge in [0.15, 0.2) is 0 Å². The number of aromatic nitrogens is 2. The van der Waals surface area contributed by atoms with Crippen LogP contribution in [0.4, 0.5) is 14.5 Å². The van der Waals surface area contributed by atoms with Crippen molar-refractivity contribution in [3.63, 3.8) is 0 Å². The van der Waals surface area contributed by atoms with Gasteiger partial charge >= 0.3 is 6.61 Å². The number of benzene rings is 1. The lowest BCUT2D eigenvalue weighted by molar-refractivity contribution is -0.0493. The molecule has 2 aromatic rings. The van der Waals surface area contributed by atoms with Crippen molar-refractivity contribution in [2.45, 2.75) is 13.2 Å². The number of H-pyrrole nitrogens is 1. The summed E-state index contributed by atoms with van der Waals surface area (Å²) in [5.41, 5.74) is 1.37. The van der Waals surface area contributed by atoms with E-state index in [0.29, 0.717) is 12.2 Å². The molecule has 0 aliphatic carbocycles. The Morgan fingerprint density at radius 1 is 1.29 bits per heavy atom. The summed E-state index contributed by atoms with van der Waals surface area (Å²) in [4.78, 5) is 0. The predicted molar refractivity (Wildman–Crippen MR) is 59.0 cm³/mol. The van der Waals surface area contributed by atoms with Gasteiger partial charge in [0, 0.05) is 6.20 Å². The van der Waals surface area contributed by atoms with Gasteiger partial charge in [-0.15, -0.1) is 0 Å². The van der Waals surface area contributed by atoms with Crippen LogP contribution in [0.1, 0.15) is 5.69 Å². The Bertz CT molecular complexity index is 459. The van der Waals surface area contributed by atoms with Crippen molar-refractivity contribution in [1.29, 1.82) is 0 Å². The third-order valence-electron chi connectivity index (χ3n) is 2.13. The Morgan fingerprint density at radius 3 is 2.82 bits per heavy atom. The lowest BCUT2D eigenvalue weighted by Crippen LogP contribution is -2.06. The van der Waals surface area contributed by atoms with E-state index < -0.39 is 6.61 Å². The van der Waals surface area contributed by atoms with E-state index in [4.69, 9.17) is 0 Å². The zero-order valence-electron chi connectivity index (χ0n) is 8.86. The van der Waals surface area contributed by atoms with Gasteiger partial charge in [-0.2, -0.15) is 13.9 Å². The first kappa shape index (κ1) is 11.4. The number of para-hydroxylation sites is 2. The van der Waals surface area contributed by atoms with Crippen LogP contribution in [0.2, 0.25) is 0 Å². The number of rotatable bonds is 5. The molecule has 1 aromatic carbocycles. The van der Waals surface area contributed by atoms with E-state index in [0.717, 1.165) is 5.69 Å². The molecule has 1 heterocycles. The van der Waals surface area contributed by atoms with Crippen LogP contribution in [-0.2, 0) is 6.54 Å². The van der Waals surface area contributed by atoms with Gasteiger partial charge in [0.25, 0.3) is 0 Å². The van der Waals surface area contributed by atoms with E-state index in [1.165, 1.54) is 6.07 Å². The lowest BCUT2D eigenvalue weighted by atomic mass is 10.3. The molecule has 0 fully saturated rings. The molecular formula is C11H11F2N3O. The minimum atomic E-state index is -2.83. The van der Waals surface area contributed by atoms with Gasteiger partial charge < -0.3 is 10.1 Å². The van der Waals surface area contributed by atoms with Crippen molar-refractivity contribution >= 4 is 5.69 Å². The van der Waals surface area contributed by atoms with E-state index >= 15 is 0 Å². The molecule has 0 spiro atoms. The van der Waals surface area contributed by atoms with Crippen LogP contribution in [0.3, 0.4) is 0 Å². The van der Waals surface area contributed by atoms with Gasteiger partial charge in [-0.1, -0.05) is 12.1 Å². The summed E-state index contributed by atoms with van der Waals surface area (Å²) in [6.07, 6.45) is 1.62. The number of nitrogens with one attached hydrogen (secondary N) is 2. The zero-order valence-corrected chi connectivity index (χ0v) is 8.86. The zero-order chi connectivity index (χ0) is 12.1. The number of nitrogens with zero attached hydrogens (tertiary/aromatic N) is 1. The molecule has 2 rings (SSSR count). The molecule has 6 heteroatoms. The first-order valence-electron chi connectivity index (χ1n) is 5.01. The van der Waals surface area contributed by atoms with E-state index in [1.807, 2.05) is 0 Å². The Labute approximate surface area is 96.6 Å². The predicted octanol–water partition coefficient (Wildman–Crippen LogP) is 2.62. The maximum Gasteiger partial charge on any atom is 0.387 e. The molecule has 17 heavy (non-hydrogen) atoms. The molecule has 0 bridgehead atoms. The number of aromatic amines is 1. The van der Waals surface area contributed by atoms with Crippen molar-refractivity contribution in [2.75, 3.05) is 5.32 Å². The second kappa shape index (κ2) is 5.29. The molecule has 0 saturated carbocycles. The fourth-order valence-electron chi connectivity index (χ4n) is 1.39. The van der Waals surface area contributed by atoms with Gasteiger partial charge in [0.2, 0.25) is 0 Å².